The normalized spacial score (nSPS) is 16.8. The summed E-state index contributed by atoms with van der Waals surface area (Å²) in [5, 5.41) is 3.19. The molecule has 1 heterocycles. The van der Waals surface area contributed by atoms with Crippen molar-refractivity contribution in [3.8, 4) is 0 Å². The van der Waals surface area contributed by atoms with E-state index in [2.05, 4.69) is 5.32 Å². The van der Waals surface area contributed by atoms with Crippen LogP contribution in [0.1, 0.15) is 30.0 Å². The zero-order valence-electron chi connectivity index (χ0n) is 15.6. The van der Waals surface area contributed by atoms with E-state index in [4.69, 9.17) is 0 Å². The number of benzene rings is 2. The van der Waals surface area contributed by atoms with Gasteiger partial charge in [-0.2, -0.15) is 0 Å². The number of hydrogen-bond donors (Lipinski definition) is 1. The van der Waals surface area contributed by atoms with Gasteiger partial charge in [0.1, 0.15) is 6.54 Å². The van der Waals surface area contributed by atoms with Crippen molar-refractivity contribution in [3.63, 3.8) is 0 Å². The van der Waals surface area contributed by atoms with Crippen molar-refractivity contribution in [2.75, 3.05) is 16.8 Å². The second-order valence-corrected chi connectivity index (χ2v) is 8.38. The van der Waals surface area contributed by atoms with Crippen LogP contribution in [0.15, 0.2) is 41.3 Å². The Morgan fingerprint density at radius 3 is 2.54 bits per heavy atom. The van der Waals surface area contributed by atoms with Gasteiger partial charge in [-0.15, -0.1) is 11.8 Å². The van der Waals surface area contributed by atoms with Gasteiger partial charge < -0.3 is 10.2 Å². The molecule has 1 atom stereocenters. The van der Waals surface area contributed by atoms with Crippen LogP contribution < -0.4 is 10.2 Å². The molecule has 1 aliphatic heterocycles. The molecule has 1 N–H and O–H groups in total. The SMILES string of the molecule is Cc1cc(C)c(NC(=O)CN2C(=O)CC(C)Sc3ccccc32)c(C)c1. The topological polar surface area (TPSA) is 49.4 Å². The number of nitrogens with zero attached hydrogens (tertiary/aromatic N) is 1. The van der Waals surface area contributed by atoms with Crippen LogP contribution in [-0.2, 0) is 9.59 Å². The first-order chi connectivity index (χ1) is 12.3. The minimum Gasteiger partial charge on any atom is -0.324 e. The van der Waals surface area contributed by atoms with Gasteiger partial charge in [0.25, 0.3) is 0 Å². The summed E-state index contributed by atoms with van der Waals surface area (Å²) >= 11 is 1.68. The number of thioether (sulfide) groups is 1. The number of anilines is 2. The molecule has 0 radical (unpaired) electrons. The number of hydrogen-bond acceptors (Lipinski definition) is 3. The Morgan fingerprint density at radius 2 is 1.85 bits per heavy atom. The van der Waals surface area contributed by atoms with Gasteiger partial charge in [-0.25, -0.2) is 0 Å². The molecule has 1 unspecified atom stereocenters. The van der Waals surface area contributed by atoms with Crippen LogP contribution in [-0.4, -0.2) is 23.6 Å². The van der Waals surface area contributed by atoms with Crippen LogP contribution in [0.25, 0.3) is 0 Å². The molecule has 2 amide bonds. The van der Waals surface area contributed by atoms with Crippen molar-refractivity contribution in [2.24, 2.45) is 0 Å². The van der Waals surface area contributed by atoms with E-state index >= 15 is 0 Å². The second kappa shape index (κ2) is 7.54. The Kier molecular flexibility index (Phi) is 5.37. The summed E-state index contributed by atoms with van der Waals surface area (Å²) < 4.78 is 0. The molecule has 2 aromatic rings. The van der Waals surface area contributed by atoms with Crippen LogP contribution >= 0.6 is 11.8 Å². The van der Waals surface area contributed by atoms with E-state index in [1.54, 1.807) is 16.7 Å². The van der Waals surface area contributed by atoms with Crippen molar-refractivity contribution < 1.29 is 9.59 Å². The minimum atomic E-state index is -0.178. The zero-order chi connectivity index (χ0) is 18.8. The summed E-state index contributed by atoms with van der Waals surface area (Å²) in [7, 11) is 0. The smallest absolute Gasteiger partial charge is 0.244 e. The monoisotopic (exact) mass is 368 g/mol. The second-order valence-electron chi connectivity index (χ2n) is 6.90. The highest BCUT2D eigenvalue weighted by Gasteiger charge is 2.27. The van der Waals surface area contributed by atoms with Gasteiger partial charge >= 0.3 is 0 Å². The largest absolute Gasteiger partial charge is 0.324 e. The molecule has 0 bridgehead atoms. The van der Waals surface area contributed by atoms with E-state index in [1.165, 1.54) is 5.56 Å². The molecule has 1 aliphatic rings. The van der Waals surface area contributed by atoms with Gasteiger partial charge in [-0.3, -0.25) is 9.59 Å². The van der Waals surface area contributed by atoms with E-state index in [0.29, 0.717) is 6.42 Å². The van der Waals surface area contributed by atoms with E-state index in [1.807, 2.05) is 64.1 Å². The number of fused-ring (bicyclic) bond motifs is 1. The van der Waals surface area contributed by atoms with Gasteiger partial charge in [-0.05, 0) is 44.0 Å². The molecule has 3 rings (SSSR count). The van der Waals surface area contributed by atoms with Crippen molar-refractivity contribution in [2.45, 2.75) is 44.3 Å². The summed E-state index contributed by atoms with van der Waals surface area (Å²) in [6.45, 7) is 8.08. The predicted molar refractivity (Wildman–Crippen MR) is 108 cm³/mol. The number of carbonyl (C=O) groups is 2. The maximum Gasteiger partial charge on any atom is 0.244 e. The molecule has 0 saturated carbocycles. The van der Waals surface area contributed by atoms with E-state index < -0.39 is 0 Å². The zero-order valence-corrected chi connectivity index (χ0v) is 16.4. The third-order valence-electron chi connectivity index (χ3n) is 4.49. The lowest BCUT2D eigenvalue weighted by Gasteiger charge is -2.22. The lowest BCUT2D eigenvalue weighted by Crippen LogP contribution is -2.38. The molecule has 0 fully saturated rings. The fourth-order valence-electron chi connectivity index (χ4n) is 3.40. The third-order valence-corrected chi connectivity index (χ3v) is 5.66. The molecule has 2 aromatic carbocycles. The lowest BCUT2D eigenvalue weighted by molar-refractivity contribution is -0.121. The number of para-hydroxylation sites is 1. The minimum absolute atomic E-state index is 0.0116. The summed E-state index contributed by atoms with van der Waals surface area (Å²) in [6, 6.07) is 11.9. The molecule has 26 heavy (non-hydrogen) atoms. The predicted octanol–water partition coefficient (Wildman–Crippen LogP) is 4.47. The summed E-state index contributed by atoms with van der Waals surface area (Å²) in [4.78, 5) is 28.0. The van der Waals surface area contributed by atoms with Crippen LogP contribution in [0.4, 0.5) is 11.4 Å². The van der Waals surface area contributed by atoms with Crippen molar-refractivity contribution in [1.29, 1.82) is 0 Å². The molecule has 0 saturated heterocycles. The summed E-state index contributed by atoms with van der Waals surface area (Å²) in [5.74, 6) is -0.190. The fourth-order valence-corrected chi connectivity index (χ4v) is 4.52. The Morgan fingerprint density at radius 1 is 1.19 bits per heavy atom. The Bertz CT molecular complexity index is 840. The Hall–Kier alpha value is -2.27. The maximum atomic E-state index is 12.7. The van der Waals surface area contributed by atoms with Crippen LogP contribution in [0, 0.1) is 20.8 Å². The van der Waals surface area contributed by atoms with Gasteiger partial charge in [-0.1, -0.05) is 36.8 Å². The number of amides is 2. The number of rotatable bonds is 3. The molecular formula is C21H24N2O2S. The van der Waals surface area contributed by atoms with E-state index in [-0.39, 0.29) is 23.6 Å². The molecule has 5 heteroatoms. The van der Waals surface area contributed by atoms with Gasteiger partial charge in [0.05, 0.1) is 5.69 Å². The van der Waals surface area contributed by atoms with Gasteiger partial charge in [0.2, 0.25) is 11.8 Å². The first kappa shape index (κ1) is 18.5. The molecule has 4 nitrogen and oxygen atoms in total. The first-order valence-electron chi connectivity index (χ1n) is 8.79. The number of aryl methyl sites for hydroxylation is 3. The average Bonchev–Trinajstić information content (AvgIpc) is 2.67. The highest BCUT2D eigenvalue weighted by molar-refractivity contribution is 8.00. The quantitative estimate of drug-likeness (QED) is 0.870. The van der Waals surface area contributed by atoms with E-state index in [0.717, 1.165) is 27.4 Å². The van der Waals surface area contributed by atoms with Gasteiger partial charge in [0.15, 0.2) is 0 Å². The van der Waals surface area contributed by atoms with Crippen molar-refractivity contribution in [1.82, 2.24) is 0 Å². The molecule has 136 valence electrons. The highest BCUT2D eigenvalue weighted by atomic mass is 32.2. The molecule has 0 spiro atoms. The van der Waals surface area contributed by atoms with Crippen LogP contribution in [0.5, 0.6) is 0 Å². The number of carbonyl (C=O) groups excluding carboxylic acids is 2. The standard InChI is InChI=1S/C21H24N2O2S/c1-13-9-14(2)21(15(3)10-13)22-19(24)12-23-17-7-5-6-8-18(17)26-16(4)11-20(23)25/h5-10,16H,11-12H2,1-4H3,(H,22,24). The number of nitrogens with one attached hydrogen (secondary N) is 1. The molecule has 0 aromatic heterocycles. The molecule has 0 aliphatic carbocycles. The van der Waals surface area contributed by atoms with Gasteiger partial charge in [0, 0.05) is 22.3 Å². The first-order valence-corrected chi connectivity index (χ1v) is 9.67. The fraction of sp³-hybridized carbons (Fsp3) is 0.333. The third kappa shape index (κ3) is 3.93. The van der Waals surface area contributed by atoms with Crippen molar-refractivity contribution in [3.05, 3.63) is 53.1 Å². The highest BCUT2D eigenvalue weighted by Crippen LogP contribution is 2.37. The lowest BCUT2D eigenvalue weighted by atomic mass is 10.1. The summed E-state index contributed by atoms with van der Waals surface area (Å²) in [6.07, 6.45) is 0.426. The Balaban J connectivity index is 1.84. The van der Waals surface area contributed by atoms with E-state index in [9.17, 15) is 9.59 Å². The average molecular weight is 369 g/mol. The maximum absolute atomic E-state index is 12.7. The van der Waals surface area contributed by atoms with Crippen LogP contribution in [0.2, 0.25) is 0 Å². The van der Waals surface area contributed by atoms with Crippen LogP contribution in [0.3, 0.4) is 0 Å². The summed E-state index contributed by atoms with van der Waals surface area (Å²) in [5.41, 5.74) is 4.88. The van der Waals surface area contributed by atoms with Crippen molar-refractivity contribution >= 4 is 35.0 Å². The Labute approximate surface area is 159 Å². The molecular weight excluding hydrogens is 344 g/mol.